The third kappa shape index (κ3) is 4.96. The smallest absolute Gasteiger partial charge is 0.242 e. The van der Waals surface area contributed by atoms with Crippen LogP contribution in [0.4, 0.5) is 0 Å². The molecule has 17 heavy (non-hydrogen) atoms. The van der Waals surface area contributed by atoms with Crippen LogP contribution in [-0.4, -0.2) is 16.6 Å². The predicted molar refractivity (Wildman–Crippen MR) is 79.1 cm³/mol. The summed E-state index contributed by atoms with van der Waals surface area (Å²) in [7, 11) is -3.19. The average Bonchev–Trinajstić information content (AvgIpc) is 2.07. The zero-order chi connectivity index (χ0) is 13.3. The number of benzene rings is 1. The summed E-state index contributed by atoms with van der Waals surface area (Å²) in [5.41, 5.74) is 1.16. The molecule has 0 saturated carbocycles. The quantitative estimate of drug-likeness (QED) is 0.753. The zero-order valence-electron chi connectivity index (χ0n) is 12.0. The number of rotatable bonds is 4. The first-order valence-electron chi connectivity index (χ1n) is 6.06. The lowest BCUT2D eigenvalue weighted by molar-refractivity contribution is 0.486. The lowest BCUT2D eigenvalue weighted by Crippen LogP contribution is -2.32. The summed E-state index contributed by atoms with van der Waals surface area (Å²) in [4.78, 5) is 0. The van der Waals surface area contributed by atoms with Crippen molar-refractivity contribution in [3.05, 3.63) is 23.8 Å². The fourth-order valence-electron chi connectivity index (χ4n) is 1.47. The van der Waals surface area contributed by atoms with Crippen LogP contribution in [0.25, 0.3) is 0 Å². The molecule has 1 rings (SSSR count). The van der Waals surface area contributed by atoms with Gasteiger partial charge in [0.05, 0.1) is 0 Å². The van der Waals surface area contributed by atoms with Gasteiger partial charge in [-0.2, -0.15) is 0 Å². The summed E-state index contributed by atoms with van der Waals surface area (Å²) in [6.07, 6.45) is 0. The summed E-state index contributed by atoms with van der Waals surface area (Å²) in [5, 5.41) is 0. The normalized spacial score (nSPS) is 12.4. The van der Waals surface area contributed by atoms with E-state index in [1.807, 2.05) is 12.1 Å². The van der Waals surface area contributed by atoms with Gasteiger partial charge in [0, 0.05) is 0 Å². The summed E-state index contributed by atoms with van der Waals surface area (Å²) < 4.78 is 12.2. The number of para-hydroxylation sites is 1. The van der Waals surface area contributed by atoms with Crippen molar-refractivity contribution in [1.29, 1.82) is 0 Å². The highest BCUT2D eigenvalue weighted by atomic mass is 28.4. The van der Waals surface area contributed by atoms with Gasteiger partial charge in [0.25, 0.3) is 0 Å². The Morgan fingerprint density at radius 3 is 1.82 bits per heavy atom. The summed E-state index contributed by atoms with van der Waals surface area (Å²) in [6.45, 7) is 15.2. The molecule has 0 spiro atoms. The van der Waals surface area contributed by atoms with Crippen molar-refractivity contribution in [3.63, 3.8) is 0 Å². The first-order chi connectivity index (χ1) is 7.58. The summed E-state index contributed by atoms with van der Waals surface area (Å²) in [5.74, 6) is 1.85. The third-order valence-corrected chi connectivity index (χ3v) is 3.65. The Hall–Kier alpha value is -0.746. The zero-order valence-corrected chi connectivity index (χ0v) is 14.0. The van der Waals surface area contributed by atoms with Crippen LogP contribution in [0.3, 0.4) is 0 Å². The van der Waals surface area contributed by atoms with Crippen molar-refractivity contribution < 1.29 is 8.85 Å². The monoisotopic (exact) mass is 268 g/mol. The van der Waals surface area contributed by atoms with E-state index in [4.69, 9.17) is 8.85 Å². The summed E-state index contributed by atoms with van der Waals surface area (Å²) >= 11 is 0. The molecule has 0 amide bonds. The minimum Gasteiger partial charge on any atom is -0.542 e. The van der Waals surface area contributed by atoms with Gasteiger partial charge in [0.15, 0.2) is 0 Å². The molecule has 0 unspecified atom stereocenters. The molecule has 96 valence electrons. The second-order valence-electron chi connectivity index (χ2n) is 6.33. The van der Waals surface area contributed by atoms with Gasteiger partial charge in [0.1, 0.15) is 11.5 Å². The largest absolute Gasteiger partial charge is 0.542 e. The minimum atomic E-state index is -1.60. The van der Waals surface area contributed by atoms with Crippen LogP contribution < -0.4 is 8.85 Å². The standard InChI is InChI=1S/C13H24O2Si2/c1-11-9-8-10-12(14-16(2,3)4)13(11)15-17(5,6)7/h8-10H,1-7H3. The molecule has 0 fully saturated rings. The molecule has 0 heterocycles. The number of hydrogen-bond acceptors (Lipinski definition) is 2. The van der Waals surface area contributed by atoms with Crippen molar-refractivity contribution in [2.24, 2.45) is 0 Å². The maximum absolute atomic E-state index is 6.15. The van der Waals surface area contributed by atoms with Crippen LogP contribution in [0.15, 0.2) is 18.2 Å². The van der Waals surface area contributed by atoms with Gasteiger partial charge in [-0.15, -0.1) is 0 Å². The maximum Gasteiger partial charge on any atom is 0.242 e. The Labute approximate surface area is 107 Å². The highest BCUT2D eigenvalue weighted by Crippen LogP contribution is 2.34. The second kappa shape index (κ2) is 4.86. The molecular weight excluding hydrogens is 244 g/mol. The molecule has 0 saturated heterocycles. The molecule has 0 bridgehead atoms. The van der Waals surface area contributed by atoms with Gasteiger partial charge < -0.3 is 8.85 Å². The number of hydrogen-bond donors (Lipinski definition) is 0. The van der Waals surface area contributed by atoms with Gasteiger partial charge in [-0.25, -0.2) is 0 Å². The lowest BCUT2D eigenvalue weighted by atomic mass is 10.2. The highest BCUT2D eigenvalue weighted by Gasteiger charge is 2.23. The molecule has 0 N–H and O–H groups in total. The van der Waals surface area contributed by atoms with Crippen molar-refractivity contribution in [3.8, 4) is 11.5 Å². The molecule has 2 nitrogen and oxygen atoms in total. The Bertz CT molecular complexity index is 389. The van der Waals surface area contributed by atoms with Crippen LogP contribution in [0, 0.1) is 6.92 Å². The van der Waals surface area contributed by atoms with E-state index < -0.39 is 16.6 Å². The van der Waals surface area contributed by atoms with E-state index in [-0.39, 0.29) is 0 Å². The van der Waals surface area contributed by atoms with E-state index in [2.05, 4.69) is 52.3 Å². The second-order valence-corrected chi connectivity index (χ2v) is 15.2. The van der Waals surface area contributed by atoms with Crippen molar-refractivity contribution in [2.75, 3.05) is 0 Å². The van der Waals surface area contributed by atoms with Gasteiger partial charge in [-0.3, -0.25) is 0 Å². The third-order valence-electron chi connectivity index (χ3n) is 2.00. The van der Waals surface area contributed by atoms with Crippen molar-refractivity contribution in [1.82, 2.24) is 0 Å². The lowest BCUT2D eigenvalue weighted by Gasteiger charge is -2.26. The van der Waals surface area contributed by atoms with E-state index >= 15 is 0 Å². The molecule has 0 radical (unpaired) electrons. The molecular formula is C13H24O2Si2. The van der Waals surface area contributed by atoms with E-state index in [1.54, 1.807) is 0 Å². The van der Waals surface area contributed by atoms with E-state index in [0.717, 1.165) is 17.1 Å². The van der Waals surface area contributed by atoms with Crippen LogP contribution in [0.5, 0.6) is 11.5 Å². The Kier molecular flexibility index (Phi) is 4.09. The maximum atomic E-state index is 6.15. The van der Waals surface area contributed by atoms with Gasteiger partial charge in [-0.1, -0.05) is 12.1 Å². The topological polar surface area (TPSA) is 18.5 Å². The van der Waals surface area contributed by atoms with Crippen molar-refractivity contribution >= 4 is 16.6 Å². The van der Waals surface area contributed by atoms with E-state index in [1.165, 1.54) is 0 Å². The number of aryl methyl sites for hydroxylation is 1. The Balaban J connectivity index is 3.09. The molecule has 1 aromatic rings. The molecule has 0 aliphatic rings. The van der Waals surface area contributed by atoms with Gasteiger partial charge in [0.2, 0.25) is 16.6 Å². The van der Waals surface area contributed by atoms with Crippen molar-refractivity contribution in [2.45, 2.75) is 46.2 Å². The van der Waals surface area contributed by atoms with E-state index in [0.29, 0.717) is 0 Å². The van der Waals surface area contributed by atoms with Gasteiger partial charge in [-0.05, 0) is 57.8 Å². The van der Waals surface area contributed by atoms with Gasteiger partial charge >= 0.3 is 0 Å². The van der Waals surface area contributed by atoms with E-state index in [9.17, 15) is 0 Å². The van der Waals surface area contributed by atoms with Crippen LogP contribution in [-0.2, 0) is 0 Å². The molecule has 0 aliphatic heterocycles. The molecule has 0 aromatic heterocycles. The first-order valence-corrected chi connectivity index (χ1v) is 12.9. The average molecular weight is 269 g/mol. The highest BCUT2D eigenvalue weighted by molar-refractivity contribution is 6.71. The Morgan fingerprint density at radius 2 is 1.35 bits per heavy atom. The Morgan fingerprint density at radius 1 is 0.824 bits per heavy atom. The first kappa shape index (κ1) is 14.3. The SMILES string of the molecule is Cc1cccc(O[Si](C)(C)C)c1O[Si](C)(C)C. The molecule has 4 heteroatoms. The van der Waals surface area contributed by atoms with Crippen LogP contribution >= 0.6 is 0 Å². The minimum absolute atomic E-state index is 0.909. The molecule has 0 aliphatic carbocycles. The fraction of sp³-hybridized carbons (Fsp3) is 0.538. The summed E-state index contributed by atoms with van der Waals surface area (Å²) in [6, 6.07) is 6.12. The van der Waals surface area contributed by atoms with Crippen LogP contribution in [0.2, 0.25) is 39.3 Å². The predicted octanol–water partition coefficient (Wildman–Crippen LogP) is 4.42. The molecule has 0 atom stereocenters. The fourth-order valence-corrected chi connectivity index (χ4v) is 3.17. The molecule has 1 aromatic carbocycles. The van der Waals surface area contributed by atoms with Crippen LogP contribution in [0.1, 0.15) is 5.56 Å².